The molecule has 14 heavy (non-hydrogen) atoms. The van der Waals surface area contributed by atoms with Crippen LogP contribution in [0.3, 0.4) is 0 Å². The van der Waals surface area contributed by atoms with Gasteiger partial charge in [-0.2, -0.15) is 5.26 Å². The molecule has 1 rings (SSSR count). The van der Waals surface area contributed by atoms with Crippen LogP contribution in [-0.4, -0.2) is 6.04 Å². The van der Waals surface area contributed by atoms with Crippen molar-refractivity contribution in [2.75, 3.05) is 5.32 Å². The third kappa shape index (κ3) is 3.27. The Morgan fingerprint density at radius 3 is 2.93 bits per heavy atom. The van der Waals surface area contributed by atoms with E-state index < -0.39 is 0 Å². The number of benzene rings is 1. The molecule has 0 heterocycles. The quantitative estimate of drug-likeness (QED) is 0.823. The average Bonchev–Trinajstić information content (AvgIpc) is 2.17. The zero-order valence-corrected chi connectivity index (χ0v) is 8.88. The van der Waals surface area contributed by atoms with Crippen LogP contribution in [0.1, 0.15) is 19.8 Å². The molecule has 74 valence electrons. The standard InChI is InChI=1S/C11H13ClN2/c1-2-4-11(8-13)14-10-6-3-5-9(12)7-10/h3,5-7,11,14H,2,4H2,1H3. The zero-order chi connectivity index (χ0) is 10.4. The van der Waals surface area contributed by atoms with Gasteiger partial charge in [-0.15, -0.1) is 0 Å². The van der Waals surface area contributed by atoms with Gasteiger partial charge >= 0.3 is 0 Å². The molecule has 3 heteroatoms. The van der Waals surface area contributed by atoms with E-state index in [9.17, 15) is 0 Å². The van der Waals surface area contributed by atoms with Crippen LogP contribution >= 0.6 is 11.6 Å². The highest BCUT2D eigenvalue weighted by Gasteiger charge is 2.04. The topological polar surface area (TPSA) is 35.8 Å². The molecule has 0 aliphatic rings. The minimum Gasteiger partial charge on any atom is -0.370 e. The van der Waals surface area contributed by atoms with Crippen LogP contribution in [0.4, 0.5) is 5.69 Å². The third-order valence-corrected chi connectivity index (χ3v) is 2.13. The first-order valence-corrected chi connectivity index (χ1v) is 5.05. The van der Waals surface area contributed by atoms with Crippen molar-refractivity contribution in [3.63, 3.8) is 0 Å². The van der Waals surface area contributed by atoms with Gasteiger partial charge in [0.15, 0.2) is 0 Å². The first-order chi connectivity index (χ1) is 6.76. The molecule has 1 aromatic carbocycles. The van der Waals surface area contributed by atoms with E-state index in [-0.39, 0.29) is 6.04 Å². The van der Waals surface area contributed by atoms with E-state index in [2.05, 4.69) is 18.3 Å². The van der Waals surface area contributed by atoms with E-state index in [1.807, 2.05) is 24.3 Å². The van der Waals surface area contributed by atoms with Crippen LogP contribution in [0.25, 0.3) is 0 Å². The van der Waals surface area contributed by atoms with Gasteiger partial charge in [-0.25, -0.2) is 0 Å². The lowest BCUT2D eigenvalue weighted by atomic mass is 10.2. The molecular formula is C11H13ClN2. The fourth-order valence-electron chi connectivity index (χ4n) is 1.24. The highest BCUT2D eigenvalue weighted by Crippen LogP contribution is 2.16. The minimum absolute atomic E-state index is 0.126. The van der Waals surface area contributed by atoms with E-state index in [4.69, 9.17) is 16.9 Å². The third-order valence-electron chi connectivity index (χ3n) is 1.90. The second-order valence-electron chi connectivity index (χ2n) is 3.13. The lowest BCUT2D eigenvalue weighted by molar-refractivity contribution is 0.748. The number of hydrogen-bond donors (Lipinski definition) is 1. The predicted molar refractivity (Wildman–Crippen MR) is 59.4 cm³/mol. The summed E-state index contributed by atoms with van der Waals surface area (Å²) in [5.41, 5.74) is 0.900. The van der Waals surface area contributed by atoms with Crippen molar-refractivity contribution in [2.24, 2.45) is 0 Å². The number of halogens is 1. The highest BCUT2D eigenvalue weighted by atomic mass is 35.5. The maximum Gasteiger partial charge on any atom is 0.114 e. The van der Waals surface area contributed by atoms with Gasteiger partial charge in [0.05, 0.1) is 6.07 Å². The largest absolute Gasteiger partial charge is 0.370 e. The maximum atomic E-state index is 8.84. The highest BCUT2D eigenvalue weighted by molar-refractivity contribution is 6.30. The van der Waals surface area contributed by atoms with Gasteiger partial charge in [0.1, 0.15) is 6.04 Å². The van der Waals surface area contributed by atoms with Gasteiger partial charge in [-0.1, -0.05) is 31.0 Å². The molecule has 2 nitrogen and oxygen atoms in total. The van der Waals surface area contributed by atoms with Crippen LogP contribution in [-0.2, 0) is 0 Å². The van der Waals surface area contributed by atoms with E-state index in [1.165, 1.54) is 0 Å². The summed E-state index contributed by atoms with van der Waals surface area (Å²) in [6.07, 6.45) is 1.84. The van der Waals surface area contributed by atoms with Crippen molar-refractivity contribution in [1.29, 1.82) is 5.26 Å². The van der Waals surface area contributed by atoms with Gasteiger partial charge in [0, 0.05) is 10.7 Å². The Labute approximate surface area is 89.5 Å². The summed E-state index contributed by atoms with van der Waals surface area (Å²) in [6.45, 7) is 2.06. The molecule has 0 aromatic heterocycles. The predicted octanol–water partition coefficient (Wildman–Crippen LogP) is 3.44. The average molecular weight is 209 g/mol. The summed E-state index contributed by atoms with van der Waals surface area (Å²) in [7, 11) is 0. The lowest BCUT2D eigenvalue weighted by Gasteiger charge is -2.11. The number of nitrogens with zero attached hydrogens (tertiary/aromatic N) is 1. The van der Waals surface area contributed by atoms with Crippen LogP contribution in [0, 0.1) is 11.3 Å². The Bertz CT molecular complexity index is 330. The first kappa shape index (κ1) is 10.9. The van der Waals surface area contributed by atoms with Crippen LogP contribution in [0.2, 0.25) is 5.02 Å². The smallest absolute Gasteiger partial charge is 0.114 e. The number of hydrogen-bond acceptors (Lipinski definition) is 2. The summed E-state index contributed by atoms with van der Waals surface area (Å²) >= 11 is 5.83. The second kappa shape index (κ2) is 5.51. The molecule has 0 fully saturated rings. The molecule has 0 aliphatic heterocycles. The first-order valence-electron chi connectivity index (χ1n) is 4.68. The van der Waals surface area contributed by atoms with Gasteiger partial charge in [0.2, 0.25) is 0 Å². The zero-order valence-electron chi connectivity index (χ0n) is 8.13. The molecule has 0 aliphatic carbocycles. The van der Waals surface area contributed by atoms with Gasteiger partial charge in [0.25, 0.3) is 0 Å². The van der Waals surface area contributed by atoms with Crippen LogP contribution in [0.5, 0.6) is 0 Å². The van der Waals surface area contributed by atoms with Crippen molar-refractivity contribution in [3.8, 4) is 6.07 Å². The normalized spacial score (nSPS) is 11.8. The van der Waals surface area contributed by atoms with E-state index in [0.717, 1.165) is 18.5 Å². The summed E-state index contributed by atoms with van der Waals surface area (Å²) in [5, 5.41) is 12.7. The molecule has 0 saturated heterocycles. The minimum atomic E-state index is -0.126. The molecule has 0 amide bonds. The Balaban J connectivity index is 2.63. The molecular weight excluding hydrogens is 196 g/mol. The molecule has 0 spiro atoms. The number of nitrogens with one attached hydrogen (secondary N) is 1. The Morgan fingerprint density at radius 2 is 2.36 bits per heavy atom. The fourth-order valence-corrected chi connectivity index (χ4v) is 1.43. The maximum absolute atomic E-state index is 8.84. The molecule has 1 atom stereocenters. The Kier molecular flexibility index (Phi) is 4.28. The Hall–Kier alpha value is -1.20. The summed E-state index contributed by atoms with van der Waals surface area (Å²) in [6, 6.07) is 9.50. The molecule has 1 unspecified atom stereocenters. The molecule has 0 radical (unpaired) electrons. The van der Waals surface area contributed by atoms with Crippen LogP contribution in [0.15, 0.2) is 24.3 Å². The van der Waals surface area contributed by atoms with Gasteiger partial charge in [-0.3, -0.25) is 0 Å². The van der Waals surface area contributed by atoms with Crippen LogP contribution < -0.4 is 5.32 Å². The molecule has 1 N–H and O–H groups in total. The second-order valence-corrected chi connectivity index (χ2v) is 3.56. The molecule has 1 aromatic rings. The number of anilines is 1. The van der Waals surface area contributed by atoms with Gasteiger partial charge < -0.3 is 5.32 Å². The van der Waals surface area contributed by atoms with E-state index in [0.29, 0.717) is 5.02 Å². The molecule has 0 saturated carbocycles. The number of nitriles is 1. The van der Waals surface area contributed by atoms with Crippen molar-refractivity contribution >= 4 is 17.3 Å². The van der Waals surface area contributed by atoms with Crippen molar-refractivity contribution < 1.29 is 0 Å². The van der Waals surface area contributed by atoms with Crippen molar-refractivity contribution in [1.82, 2.24) is 0 Å². The van der Waals surface area contributed by atoms with E-state index >= 15 is 0 Å². The van der Waals surface area contributed by atoms with Crippen molar-refractivity contribution in [2.45, 2.75) is 25.8 Å². The molecule has 0 bridgehead atoms. The van der Waals surface area contributed by atoms with Gasteiger partial charge in [-0.05, 0) is 24.6 Å². The Morgan fingerprint density at radius 1 is 1.57 bits per heavy atom. The fraction of sp³-hybridized carbons (Fsp3) is 0.364. The monoisotopic (exact) mass is 208 g/mol. The lowest BCUT2D eigenvalue weighted by Crippen LogP contribution is -2.16. The van der Waals surface area contributed by atoms with Crippen molar-refractivity contribution in [3.05, 3.63) is 29.3 Å². The van der Waals surface area contributed by atoms with E-state index in [1.54, 1.807) is 0 Å². The summed E-state index contributed by atoms with van der Waals surface area (Å²) < 4.78 is 0. The number of rotatable bonds is 4. The summed E-state index contributed by atoms with van der Waals surface area (Å²) in [4.78, 5) is 0. The SMILES string of the molecule is CCCC(C#N)Nc1cccc(Cl)c1. The summed E-state index contributed by atoms with van der Waals surface area (Å²) in [5.74, 6) is 0.